The van der Waals surface area contributed by atoms with Gasteiger partial charge in [-0.1, -0.05) is 83.1 Å². The van der Waals surface area contributed by atoms with Gasteiger partial charge < -0.3 is 4.65 Å². The molecule has 0 atom stereocenters. The van der Waals surface area contributed by atoms with Gasteiger partial charge in [-0.05, 0) is 33.2 Å². The molecule has 0 fully saturated rings. The molecule has 1 nitrogen and oxygen atoms in total. The van der Waals surface area contributed by atoms with Crippen LogP contribution >= 0.6 is 0 Å². The summed E-state index contributed by atoms with van der Waals surface area (Å²) in [5.41, 5.74) is 4.75. The Bertz CT molecular complexity index is 239. The Kier molecular flexibility index (Phi) is 12.2. The van der Waals surface area contributed by atoms with Crippen molar-refractivity contribution in [1.82, 2.24) is 4.65 Å². The third-order valence-corrected chi connectivity index (χ3v) is 21.1. The van der Waals surface area contributed by atoms with Crippen molar-refractivity contribution in [3.8, 4) is 0 Å². The van der Waals surface area contributed by atoms with Crippen molar-refractivity contribution < 1.29 is 0 Å². The van der Waals surface area contributed by atoms with E-state index in [1.54, 1.807) is 0 Å². The first-order chi connectivity index (χ1) is 9.37. The molecule has 0 spiro atoms. The van der Waals surface area contributed by atoms with E-state index < -0.39 is 16.5 Å². The molecular formula is C18H44KNSi2. The Hall–Kier alpha value is 2.03. The molecule has 0 rings (SSSR count). The molecule has 130 valence electrons. The van der Waals surface area contributed by atoms with E-state index in [0.717, 1.165) is 33.2 Å². The van der Waals surface area contributed by atoms with Crippen molar-refractivity contribution >= 4 is 67.9 Å². The van der Waals surface area contributed by atoms with Gasteiger partial charge in [0.05, 0.1) is 0 Å². The molecule has 0 aliphatic carbocycles. The minimum absolute atomic E-state index is 0. The summed E-state index contributed by atoms with van der Waals surface area (Å²) in [5.74, 6) is 0. The van der Waals surface area contributed by atoms with E-state index in [2.05, 4.69) is 87.7 Å². The summed E-state index contributed by atoms with van der Waals surface area (Å²) >= 11 is 0. The van der Waals surface area contributed by atoms with Crippen LogP contribution in [0.2, 0.25) is 33.2 Å². The van der Waals surface area contributed by atoms with Gasteiger partial charge in [0.1, 0.15) is 16.5 Å². The second-order valence-electron chi connectivity index (χ2n) is 8.92. The summed E-state index contributed by atoms with van der Waals surface area (Å²) in [6.07, 6.45) is 0. The topological polar surface area (TPSA) is 12.0 Å². The molecule has 0 aliphatic heterocycles. The number of rotatable bonds is 8. The maximum absolute atomic E-state index is 4.56. The van der Waals surface area contributed by atoms with Crippen LogP contribution in [0, 0.1) is 0 Å². The van der Waals surface area contributed by atoms with Crippen LogP contribution in [0.3, 0.4) is 0 Å². The molecule has 0 saturated carbocycles. The Morgan fingerprint density at radius 3 is 0.636 bits per heavy atom. The number of hydrogen-bond acceptors (Lipinski definition) is 1. The molecular weight excluding hydrogens is 325 g/mol. The third kappa shape index (κ3) is 5.03. The van der Waals surface area contributed by atoms with Crippen molar-refractivity contribution in [2.24, 2.45) is 0 Å². The average molecular weight is 370 g/mol. The molecule has 0 aromatic rings. The van der Waals surface area contributed by atoms with Gasteiger partial charge in [0.25, 0.3) is 0 Å². The normalized spacial score (nSPS) is 13.9. The molecule has 0 amide bonds. The average Bonchev–Trinajstić information content (AvgIpc) is 2.26. The van der Waals surface area contributed by atoms with Crippen molar-refractivity contribution in [1.29, 1.82) is 0 Å². The zero-order chi connectivity index (χ0) is 17.2. The first kappa shape index (κ1) is 26.3. The molecule has 0 radical (unpaired) electrons. The van der Waals surface area contributed by atoms with Crippen LogP contribution in [0.5, 0.6) is 0 Å². The minimum atomic E-state index is -1.54. The van der Waals surface area contributed by atoms with E-state index in [1.807, 2.05) is 0 Å². The fourth-order valence-corrected chi connectivity index (χ4v) is 23.2. The fraction of sp³-hybridized carbons (Fsp3) is 1.00. The van der Waals surface area contributed by atoms with Crippen LogP contribution in [0.25, 0.3) is 0 Å². The summed E-state index contributed by atoms with van der Waals surface area (Å²) in [4.78, 5) is 0. The third-order valence-electron chi connectivity index (χ3n) is 6.17. The first-order valence-electron chi connectivity index (χ1n) is 9.16. The Morgan fingerprint density at radius 2 is 0.545 bits per heavy atom. The van der Waals surface area contributed by atoms with E-state index in [-0.39, 0.29) is 51.4 Å². The van der Waals surface area contributed by atoms with Gasteiger partial charge in [-0.2, -0.15) is 0 Å². The van der Waals surface area contributed by atoms with E-state index in [1.165, 1.54) is 0 Å². The molecule has 0 aromatic carbocycles. The van der Waals surface area contributed by atoms with E-state index in [4.69, 9.17) is 0 Å². The van der Waals surface area contributed by atoms with Gasteiger partial charge in [0.15, 0.2) is 0 Å². The molecule has 0 aromatic heterocycles. The first-order valence-corrected chi connectivity index (χ1v) is 13.6. The fourth-order valence-electron chi connectivity index (χ4n) is 5.24. The number of hydrogen-bond donors (Lipinski definition) is 1. The van der Waals surface area contributed by atoms with Crippen LogP contribution in [-0.4, -0.2) is 67.9 Å². The second-order valence-corrected chi connectivity index (χ2v) is 20.6. The van der Waals surface area contributed by atoms with Gasteiger partial charge in [0.2, 0.25) is 0 Å². The number of nitrogens with one attached hydrogen (secondary N) is 1. The van der Waals surface area contributed by atoms with Gasteiger partial charge >= 0.3 is 51.4 Å². The predicted octanol–water partition coefficient (Wildman–Crippen LogP) is 6.28. The summed E-state index contributed by atoms with van der Waals surface area (Å²) in [6, 6.07) is 0. The molecule has 1 N–H and O–H groups in total. The monoisotopic (exact) mass is 369 g/mol. The predicted molar refractivity (Wildman–Crippen MR) is 112 cm³/mol. The Labute approximate surface area is 186 Å². The molecule has 0 bridgehead atoms. The summed E-state index contributed by atoms with van der Waals surface area (Å²) in [5, 5.41) is 0. The van der Waals surface area contributed by atoms with Crippen LogP contribution in [0.1, 0.15) is 83.1 Å². The summed E-state index contributed by atoms with van der Waals surface area (Å²) < 4.78 is 4.56. The van der Waals surface area contributed by atoms with Crippen molar-refractivity contribution in [3.63, 3.8) is 0 Å². The SMILES string of the molecule is CC(C)[Si](N[Si](C(C)C)(C(C)C)C(C)C)(C(C)C)C(C)C.[KH]. The van der Waals surface area contributed by atoms with Crippen LogP contribution < -0.4 is 4.65 Å². The summed E-state index contributed by atoms with van der Waals surface area (Å²) in [7, 11) is -3.08. The van der Waals surface area contributed by atoms with Gasteiger partial charge in [-0.15, -0.1) is 0 Å². The molecule has 0 unspecified atom stereocenters. The van der Waals surface area contributed by atoms with E-state index in [0.29, 0.717) is 0 Å². The standard InChI is InChI=1S/C18H43NSi2.K.H/c1-13(2)20(14(3)4,15(5)6)19-21(16(7)8,17(9)10)18(11)12;;/h13-19H,1-12H3;;. The molecule has 0 saturated heterocycles. The van der Waals surface area contributed by atoms with Gasteiger partial charge in [-0.25, -0.2) is 0 Å². The quantitative estimate of drug-likeness (QED) is 0.496. The van der Waals surface area contributed by atoms with Crippen LogP contribution in [0.15, 0.2) is 0 Å². The molecule has 4 heteroatoms. The van der Waals surface area contributed by atoms with Crippen LogP contribution in [-0.2, 0) is 0 Å². The molecule has 0 heterocycles. The van der Waals surface area contributed by atoms with Crippen molar-refractivity contribution in [2.45, 2.75) is 116 Å². The summed E-state index contributed by atoms with van der Waals surface area (Å²) in [6.45, 7) is 29.7. The van der Waals surface area contributed by atoms with E-state index >= 15 is 0 Å². The van der Waals surface area contributed by atoms with Gasteiger partial charge in [-0.3, -0.25) is 0 Å². The zero-order valence-electron chi connectivity index (χ0n) is 17.0. The van der Waals surface area contributed by atoms with Crippen molar-refractivity contribution in [3.05, 3.63) is 0 Å². The second kappa shape index (κ2) is 10.2. The Morgan fingerprint density at radius 1 is 0.409 bits per heavy atom. The van der Waals surface area contributed by atoms with Gasteiger partial charge in [0, 0.05) is 0 Å². The zero-order valence-corrected chi connectivity index (χ0v) is 19.0. The van der Waals surface area contributed by atoms with Crippen molar-refractivity contribution in [2.75, 3.05) is 0 Å². The molecule has 0 aliphatic rings. The Balaban J connectivity index is 0. The maximum atomic E-state index is 4.56. The molecule has 22 heavy (non-hydrogen) atoms. The van der Waals surface area contributed by atoms with E-state index in [9.17, 15) is 0 Å². The van der Waals surface area contributed by atoms with Crippen LogP contribution in [0.4, 0.5) is 0 Å².